The minimum absolute atomic E-state index is 0.0767. The van der Waals surface area contributed by atoms with Gasteiger partial charge in [-0.05, 0) is 32.4 Å². The number of fused-ring (bicyclic) bond motifs is 1. The van der Waals surface area contributed by atoms with E-state index in [1.165, 1.54) is 6.07 Å². The fourth-order valence-electron chi connectivity index (χ4n) is 2.58. The molecule has 0 aliphatic carbocycles. The molecule has 0 spiro atoms. The van der Waals surface area contributed by atoms with E-state index < -0.39 is 0 Å². The number of phenols is 1. The van der Waals surface area contributed by atoms with E-state index in [2.05, 4.69) is 29.1 Å². The summed E-state index contributed by atoms with van der Waals surface area (Å²) in [5, 5.41) is 14.2. The van der Waals surface area contributed by atoms with Gasteiger partial charge in [0.15, 0.2) is 5.78 Å². The lowest BCUT2D eigenvalue weighted by Crippen LogP contribution is -2.15. The summed E-state index contributed by atoms with van der Waals surface area (Å²) in [5.74, 6) is 0.219. The van der Waals surface area contributed by atoms with Gasteiger partial charge in [0.1, 0.15) is 5.75 Å². The first-order valence-electron chi connectivity index (χ1n) is 8.35. The summed E-state index contributed by atoms with van der Waals surface area (Å²) in [5.41, 5.74) is 2.39. The average molecular weight is 335 g/mol. The monoisotopic (exact) mass is 335 g/mol. The summed E-state index contributed by atoms with van der Waals surface area (Å²) in [6, 6.07) is 10.7. The van der Waals surface area contributed by atoms with Crippen LogP contribution < -0.4 is 5.32 Å². The number of anilines is 1. The maximum atomic E-state index is 12.7. The molecule has 0 amide bonds. The summed E-state index contributed by atoms with van der Waals surface area (Å²) >= 11 is 0. The van der Waals surface area contributed by atoms with Crippen LogP contribution in [0.1, 0.15) is 41.8 Å². The summed E-state index contributed by atoms with van der Waals surface area (Å²) in [6.07, 6.45) is 2.62. The first kappa shape index (κ1) is 16.9. The van der Waals surface area contributed by atoms with Gasteiger partial charge in [-0.15, -0.1) is 0 Å². The molecule has 5 nitrogen and oxygen atoms in total. The molecule has 0 aliphatic rings. The van der Waals surface area contributed by atoms with E-state index in [0.717, 1.165) is 12.0 Å². The molecule has 2 N–H and O–H groups in total. The van der Waals surface area contributed by atoms with Crippen molar-refractivity contribution in [3.8, 4) is 5.75 Å². The van der Waals surface area contributed by atoms with E-state index in [1.54, 1.807) is 18.3 Å². The number of phenolic OH excluding ortho intramolecular Hbond substituents is 1. The molecule has 2 aromatic carbocycles. The van der Waals surface area contributed by atoms with Crippen LogP contribution in [0.25, 0.3) is 10.9 Å². The third-order valence-electron chi connectivity index (χ3n) is 4.21. The molecule has 5 heteroatoms. The lowest BCUT2D eigenvalue weighted by atomic mass is 9.99. The van der Waals surface area contributed by atoms with Crippen molar-refractivity contribution in [3.05, 3.63) is 59.3 Å². The molecule has 0 fully saturated rings. The van der Waals surface area contributed by atoms with E-state index in [9.17, 15) is 9.90 Å². The smallest absolute Gasteiger partial charge is 0.223 e. The maximum Gasteiger partial charge on any atom is 0.223 e. The van der Waals surface area contributed by atoms with Crippen LogP contribution in [0.4, 0.5) is 5.95 Å². The number of benzene rings is 2. The van der Waals surface area contributed by atoms with Crippen molar-refractivity contribution in [2.24, 2.45) is 0 Å². The van der Waals surface area contributed by atoms with Crippen LogP contribution in [0.2, 0.25) is 0 Å². The average Bonchev–Trinajstić information content (AvgIpc) is 2.60. The van der Waals surface area contributed by atoms with Gasteiger partial charge in [0.05, 0.1) is 11.1 Å². The molecule has 0 radical (unpaired) electrons. The predicted molar refractivity (Wildman–Crippen MR) is 99.2 cm³/mol. The molecular formula is C20H21N3O2. The quantitative estimate of drug-likeness (QED) is 0.687. The number of ketones is 1. The van der Waals surface area contributed by atoms with Crippen LogP contribution in [0, 0.1) is 6.92 Å². The molecule has 0 saturated heterocycles. The Morgan fingerprint density at radius 2 is 2.08 bits per heavy atom. The van der Waals surface area contributed by atoms with Crippen LogP contribution >= 0.6 is 0 Å². The Morgan fingerprint density at radius 3 is 2.80 bits per heavy atom. The zero-order valence-electron chi connectivity index (χ0n) is 14.6. The van der Waals surface area contributed by atoms with E-state index >= 15 is 0 Å². The lowest BCUT2D eigenvalue weighted by Gasteiger charge is -2.12. The Kier molecular flexibility index (Phi) is 4.65. The molecule has 0 aliphatic heterocycles. The Hall–Kier alpha value is -2.95. The van der Waals surface area contributed by atoms with Crippen molar-refractivity contribution in [3.63, 3.8) is 0 Å². The van der Waals surface area contributed by atoms with Gasteiger partial charge in [0.2, 0.25) is 5.95 Å². The van der Waals surface area contributed by atoms with Crippen molar-refractivity contribution in [2.45, 2.75) is 33.2 Å². The van der Waals surface area contributed by atoms with Gasteiger partial charge >= 0.3 is 0 Å². The Balaban J connectivity index is 1.99. The Morgan fingerprint density at radius 1 is 1.28 bits per heavy atom. The van der Waals surface area contributed by atoms with E-state index in [0.29, 0.717) is 22.4 Å². The van der Waals surface area contributed by atoms with E-state index in [1.807, 2.05) is 25.1 Å². The zero-order valence-corrected chi connectivity index (χ0v) is 14.6. The number of nitrogens with zero attached hydrogens (tertiary/aromatic N) is 2. The van der Waals surface area contributed by atoms with Gasteiger partial charge < -0.3 is 10.4 Å². The van der Waals surface area contributed by atoms with Crippen molar-refractivity contribution < 1.29 is 9.90 Å². The topological polar surface area (TPSA) is 75.1 Å². The first-order chi connectivity index (χ1) is 12.0. The fourth-order valence-corrected chi connectivity index (χ4v) is 2.58. The second-order valence-corrected chi connectivity index (χ2v) is 6.27. The number of aryl methyl sites for hydroxylation is 1. The van der Waals surface area contributed by atoms with Crippen LogP contribution in [-0.4, -0.2) is 26.9 Å². The summed E-state index contributed by atoms with van der Waals surface area (Å²) in [4.78, 5) is 21.4. The van der Waals surface area contributed by atoms with Gasteiger partial charge in [0.25, 0.3) is 0 Å². The van der Waals surface area contributed by atoms with Crippen molar-refractivity contribution in [1.82, 2.24) is 9.97 Å². The summed E-state index contributed by atoms with van der Waals surface area (Å²) in [6.45, 7) is 6.05. The number of hydrogen-bond acceptors (Lipinski definition) is 5. The molecule has 3 rings (SSSR count). The second kappa shape index (κ2) is 6.89. The molecule has 1 atom stereocenters. The zero-order chi connectivity index (χ0) is 18.0. The number of aromatic nitrogens is 2. The van der Waals surface area contributed by atoms with Crippen molar-refractivity contribution in [1.29, 1.82) is 0 Å². The lowest BCUT2D eigenvalue weighted by molar-refractivity contribution is 0.103. The second-order valence-electron chi connectivity index (χ2n) is 6.27. The first-order valence-corrected chi connectivity index (χ1v) is 8.35. The molecule has 0 saturated carbocycles. The van der Waals surface area contributed by atoms with Crippen molar-refractivity contribution >= 4 is 22.6 Å². The van der Waals surface area contributed by atoms with Crippen LogP contribution in [0.5, 0.6) is 5.75 Å². The number of carbonyl (C=O) groups excluding carboxylic acids is 1. The normalized spacial score (nSPS) is 12.1. The largest absolute Gasteiger partial charge is 0.507 e. The minimum atomic E-state index is -0.218. The van der Waals surface area contributed by atoms with Gasteiger partial charge in [-0.2, -0.15) is 0 Å². The third-order valence-corrected chi connectivity index (χ3v) is 4.21. The summed E-state index contributed by atoms with van der Waals surface area (Å²) in [7, 11) is 0. The molecule has 3 aromatic rings. The number of nitrogens with one attached hydrogen (secondary N) is 1. The highest BCUT2D eigenvalue weighted by Crippen LogP contribution is 2.26. The van der Waals surface area contributed by atoms with Gasteiger partial charge in [0, 0.05) is 29.3 Å². The molecule has 128 valence electrons. The van der Waals surface area contributed by atoms with Crippen LogP contribution in [0.15, 0.2) is 42.6 Å². The third kappa shape index (κ3) is 3.60. The molecule has 1 aromatic heterocycles. The summed E-state index contributed by atoms with van der Waals surface area (Å²) < 4.78 is 0. The predicted octanol–water partition coefficient (Wildman–Crippen LogP) is 4.09. The van der Waals surface area contributed by atoms with E-state index in [-0.39, 0.29) is 23.1 Å². The fraction of sp³-hybridized carbons (Fsp3) is 0.250. The number of rotatable bonds is 5. The molecule has 1 heterocycles. The highest BCUT2D eigenvalue weighted by atomic mass is 16.3. The Bertz CT molecular complexity index is 937. The van der Waals surface area contributed by atoms with E-state index in [4.69, 9.17) is 0 Å². The molecule has 0 unspecified atom stereocenters. The van der Waals surface area contributed by atoms with Gasteiger partial charge in [-0.3, -0.25) is 4.79 Å². The van der Waals surface area contributed by atoms with Crippen LogP contribution in [-0.2, 0) is 0 Å². The maximum absolute atomic E-state index is 12.7. The molecule has 25 heavy (non-hydrogen) atoms. The molecule has 0 bridgehead atoms. The SMILES string of the molecule is CC[C@H](C)Nc1ncc2cc(C(=O)c3cccc(C)c3)c(O)cc2n1. The Labute approximate surface area is 146 Å². The van der Waals surface area contributed by atoms with Gasteiger partial charge in [-0.1, -0.05) is 30.7 Å². The number of hydrogen-bond donors (Lipinski definition) is 2. The highest BCUT2D eigenvalue weighted by molar-refractivity contribution is 6.12. The highest BCUT2D eigenvalue weighted by Gasteiger charge is 2.16. The minimum Gasteiger partial charge on any atom is -0.507 e. The molecular weight excluding hydrogens is 314 g/mol. The number of carbonyl (C=O) groups is 1. The van der Waals surface area contributed by atoms with Crippen LogP contribution in [0.3, 0.4) is 0 Å². The standard InChI is InChI=1S/C20H21N3O2/c1-4-13(3)22-20-21-11-15-9-16(18(24)10-17(15)23-20)19(25)14-7-5-6-12(2)8-14/h5-11,13,24H,4H2,1-3H3,(H,21,22,23)/t13-/m0/s1. The van der Waals surface area contributed by atoms with Gasteiger partial charge in [-0.25, -0.2) is 9.97 Å². The van der Waals surface area contributed by atoms with Crippen molar-refractivity contribution in [2.75, 3.05) is 5.32 Å². The number of aromatic hydroxyl groups is 1.